The largest absolute Gasteiger partial charge is 0.860 e. The van der Waals surface area contributed by atoms with Crippen LogP contribution in [0, 0.1) is 0 Å². The maximum Gasteiger partial charge on any atom is 0.324 e. The predicted molar refractivity (Wildman–Crippen MR) is 60.9 cm³/mol. The Balaban J connectivity index is 2.02. The average Bonchev–Trinajstić information content (AvgIpc) is 2.79. The molecule has 0 amide bonds. The zero-order valence-electron chi connectivity index (χ0n) is 9.53. The molecule has 0 spiro atoms. The maximum absolute atomic E-state index is 11.2. The minimum absolute atomic E-state index is 0.0545. The van der Waals surface area contributed by atoms with Crippen LogP contribution in [0.25, 0.3) is 0 Å². The van der Waals surface area contributed by atoms with E-state index in [1.54, 1.807) is 11.0 Å². The van der Waals surface area contributed by atoms with Gasteiger partial charge in [0.15, 0.2) is 0 Å². The van der Waals surface area contributed by atoms with Crippen molar-refractivity contribution >= 4 is 23.5 Å². The molecule has 1 aromatic rings. The van der Waals surface area contributed by atoms with Crippen LogP contribution >= 0.6 is 11.8 Å². The molecular formula is C9H14N4O3S. The van der Waals surface area contributed by atoms with Gasteiger partial charge < -0.3 is 9.84 Å². The molecule has 1 fully saturated rings. The molecule has 2 rings (SSSR count). The highest BCUT2D eigenvalue weighted by Crippen LogP contribution is 2.08. The molecule has 0 radical (unpaired) electrons. The Morgan fingerprint density at radius 2 is 2.47 bits per heavy atom. The van der Waals surface area contributed by atoms with Crippen molar-refractivity contribution in [2.45, 2.75) is 0 Å². The molecule has 0 aliphatic carbocycles. The second-order valence-corrected chi connectivity index (χ2v) is 4.69. The number of hydrogen-bond acceptors (Lipinski definition) is 7. The number of methoxy groups -OCH3 is 1. The van der Waals surface area contributed by atoms with Crippen molar-refractivity contribution in [3.63, 3.8) is 0 Å². The molecule has 0 saturated carbocycles. The fraction of sp³-hybridized carbons (Fsp3) is 0.667. The Kier molecular flexibility index (Phi) is 4.21. The lowest BCUT2D eigenvalue weighted by Crippen LogP contribution is -2.61. The number of ether oxygens (including phenoxy) is 1. The van der Waals surface area contributed by atoms with E-state index in [-0.39, 0.29) is 18.4 Å². The fourth-order valence-corrected chi connectivity index (χ4v) is 2.33. The molecular weight excluding hydrogens is 244 g/mol. The van der Waals surface area contributed by atoms with Crippen LogP contribution in [0.1, 0.15) is 0 Å². The van der Waals surface area contributed by atoms with E-state index in [1.807, 2.05) is 16.8 Å². The molecule has 0 aromatic carbocycles. The van der Waals surface area contributed by atoms with Crippen LogP contribution in [0.15, 0.2) is 15.7 Å². The van der Waals surface area contributed by atoms with Gasteiger partial charge in [0, 0.05) is 18.6 Å². The van der Waals surface area contributed by atoms with E-state index in [2.05, 4.69) is 15.0 Å². The van der Waals surface area contributed by atoms with Gasteiger partial charge in [-0.05, 0) is 5.90 Å². The van der Waals surface area contributed by atoms with Crippen LogP contribution in [0.4, 0.5) is 5.88 Å². The van der Waals surface area contributed by atoms with Crippen molar-refractivity contribution in [1.29, 1.82) is 0 Å². The Labute approximate surface area is 103 Å². The second-order valence-electron chi connectivity index (χ2n) is 3.47. The van der Waals surface area contributed by atoms with Gasteiger partial charge in [-0.2, -0.15) is 16.8 Å². The van der Waals surface area contributed by atoms with Crippen molar-refractivity contribution in [3.8, 4) is 0 Å². The lowest BCUT2D eigenvalue weighted by Gasteiger charge is -2.17. The van der Waals surface area contributed by atoms with Gasteiger partial charge >= 0.3 is 5.88 Å². The van der Waals surface area contributed by atoms with Gasteiger partial charge in [0.05, 0.1) is 24.5 Å². The lowest BCUT2D eigenvalue weighted by atomic mass is 10.6. The van der Waals surface area contributed by atoms with E-state index < -0.39 is 0 Å². The third kappa shape index (κ3) is 3.34. The van der Waals surface area contributed by atoms with Crippen LogP contribution in [0.2, 0.25) is 0 Å². The van der Waals surface area contributed by atoms with Gasteiger partial charge in [-0.25, -0.2) is 4.99 Å². The Morgan fingerprint density at radius 1 is 1.71 bits per heavy atom. The average molecular weight is 258 g/mol. The molecule has 1 aliphatic heterocycles. The van der Waals surface area contributed by atoms with Crippen LogP contribution in [-0.2, 0) is 4.74 Å². The summed E-state index contributed by atoms with van der Waals surface area (Å²) in [5, 5.41) is 17.1. The van der Waals surface area contributed by atoms with Crippen molar-refractivity contribution in [1.82, 2.24) is 5.27 Å². The van der Waals surface area contributed by atoms with Crippen LogP contribution in [-0.4, -0.2) is 49.5 Å². The summed E-state index contributed by atoms with van der Waals surface area (Å²) in [7, 11) is 1.44. The summed E-state index contributed by atoms with van der Waals surface area (Å²) in [6.07, 6.45) is 1.60. The van der Waals surface area contributed by atoms with Gasteiger partial charge in [0.25, 0.3) is 6.20 Å². The zero-order valence-corrected chi connectivity index (χ0v) is 10.4. The first kappa shape index (κ1) is 12.2. The second kappa shape index (κ2) is 5.87. The quantitative estimate of drug-likeness (QED) is 0.379. The van der Waals surface area contributed by atoms with Crippen molar-refractivity contribution < 1.29 is 19.2 Å². The predicted octanol–water partition coefficient (Wildman–Crippen LogP) is -1.32. The molecule has 0 unspecified atom stereocenters. The van der Waals surface area contributed by atoms with E-state index in [4.69, 9.17) is 4.52 Å². The molecule has 0 atom stereocenters. The van der Waals surface area contributed by atoms with E-state index in [0.29, 0.717) is 0 Å². The summed E-state index contributed by atoms with van der Waals surface area (Å²) >= 11 is 1.91. The summed E-state index contributed by atoms with van der Waals surface area (Å²) in [4.78, 5) is 5.31. The van der Waals surface area contributed by atoms with Gasteiger partial charge in [-0.15, -0.1) is 0 Å². The molecule has 1 saturated heterocycles. The Bertz CT molecular complexity index is 389. The van der Waals surface area contributed by atoms with E-state index in [1.165, 1.54) is 7.11 Å². The van der Waals surface area contributed by atoms with E-state index in [9.17, 15) is 5.11 Å². The normalized spacial score (nSPS) is 17.5. The van der Waals surface area contributed by atoms with Gasteiger partial charge in [-0.3, -0.25) is 4.52 Å². The third-order valence-electron chi connectivity index (χ3n) is 2.22. The SMILES string of the molecule is COCC([O-])=Nc1c[n+](N2CCSCC2)no1. The standard InChI is InChI=1S/C9H14N4O3S/c1-15-7-8(14)10-9-6-13(11-16-9)12-2-4-17-5-3-12/h6H,2-5,7H2,1H3. The van der Waals surface area contributed by atoms with E-state index >= 15 is 0 Å². The third-order valence-corrected chi connectivity index (χ3v) is 3.17. The highest BCUT2D eigenvalue weighted by Gasteiger charge is 2.22. The Hall–Kier alpha value is -1.28. The number of aromatic nitrogens is 2. The van der Waals surface area contributed by atoms with Crippen LogP contribution in [0.5, 0.6) is 0 Å². The molecule has 1 aromatic heterocycles. The van der Waals surface area contributed by atoms with Crippen LogP contribution < -0.4 is 14.9 Å². The van der Waals surface area contributed by atoms with Crippen molar-refractivity contribution in [3.05, 3.63) is 6.20 Å². The molecule has 17 heavy (non-hydrogen) atoms. The van der Waals surface area contributed by atoms with Gasteiger partial charge in [-0.1, -0.05) is 0 Å². The number of thioether (sulfide) groups is 1. The Morgan fingerprint density at radius 3 is 3.18 bits per heavy atom. The molecule has 1 aliphatic rings. The zero-order chi connectivity index (χ0) is 12.1. The smallest absolute Gasteiger partial charge is 0.324 e. The lowest BCUT2D eigenvalue weighted by molar-refractivity contribution is -0.757. The topological polar surface area (TPSA) is 77.8 Å². The monoisotopic (exact) mass is 258 g/mol. The summed E-state index contributed by atoms with van der Waals surface area (Å²) in [6, 6.07) is 0. The van der Waals surface area contributed by atoms with Gasteiger partial charge in [0.2, 0.25) is 5.27 Å². The van der Waals surface area contributed by atoms with Crippen molar-refractivity contribution in [2.24, 2.45) is 4.99 Å². The minimum atomic E-state index is -0.384. The first-order valence-corrected chi connectivity index (χ1v) is 6.40. The molecule has 0 N–H and O–H groups in total. The first-order chi connectivity index (χ1) is 8.29. The minimum Gasteiger partial charge on any atom is -0.860 e. The first-order valence-electron chi connectivity index (χ1n) is 5.25. The maximum atomic E-state index is 11.2. The molecule has 7 nitrogen and oxygen atoms in total. The number of nitrogens with zero attached hydrogens (tertiary/aromatic N) is 4. The summed E-state index contributed by atoms with van der Waals surface area (Å²) < 4.78 is 9.63. The fourth-order valence-electron chi connectivity index (χ4n) is 1.45. The molecule has 8 heteroatoms. The van der Waals surface area contributed by atoms with E-state index in [0.717, 1.165) is 24.6 Å². The number of hydrogen-bond donors (Lipinski definition) is 0. The summed E-state index contributed by atoms with van der Waals surface area (Å²) in [5.74, 6) is 1.94. The molecule has 0 bridgehead atoms. The highest BCUT2D eigenvalue weighted by atomic mass is 32.2. The summed E-state index contributed by atoms with van der Waals surface area (Å²) in [6.45, 7) is 1.77. The van der Waals surface area contributed by atoms with Gasteiger partial charge in [0.1, 0.15) is 0 Å². The summed E-state index contributed by atoms with van der Waals surface area (Å²) in [5.41, 5.74) is 0. The van der Waals surface area contributed by atoms with Crippen molar-refractivity contribution in [2.75, 3.05) is 43.3 Å². The number of rotatable bonds is 4. The number of aliphatic imine (C=N–C) groups is 1. The van der Waals surface area contributed by atoms with Crippen LogP contribution in [0.3, 0.4) is 0 Å². The molecule has 2 heterocycles. The molecule has 94 valence electrons. The highest BCUT2D eigenvalue weighted by molar-refractivity contribution is 7.99.